The van der Waals surface area contributed by atoms with Crippen molar-refractivity contribution in [1.29, 1.82) is 0 Å². The van der Waals surface area contributed by atoms with Gasteiger partial charge in [-0.25, -0.2) is 4.39 Å². The maximum Gasteiger partial charge on any atom is 0.295 e. The van der Waals surface area contributed by atoms with Crippen LogP contribution in [0.5, 0.6) is 5.88 Å². The molecule has 0 spiro atoms. The molecule has 0 saturated heterocycles. The van der Waals surface area contributed by atoms with Gasteiger partial charge in [0.1, 0.15) is 5.82 Å². The Labute approximate surface area is 139 Å². The summed E-state index contributed by atoms with van der Waals surface area (Å²) in [7, 11) is 1.69. The van der Waals surface area contributed by atoms with Gasteiger partial charge in [0.05, 0.1) is 5.52 Å². The lowest BCUT2D eigenvalue weighted by Crippen LogP contribution is -1.93. The number of carbonyl (C=O) groups is 1. The summed E-state index contributed by atoms with van der Waals surface area (Å²) in [5, 5.41) is 18.3. The number of azo groups is 1. The fourth-order valence-electron chi connectivity index (χ4n) is 2.23. The molecule has 0 saturated carbocycles. The minimum atomic E-state index is -0.614. The van der Waals surface area contributed by atoms with E-state index >= 15 is 0 Å². The highest BCUT2D eigenvalue weighted by Gasteiger charge is 2.15. The number of amides is 1. The van der Waals surface area contributed by atoms with Crippen LogP contribution in [0, 0.1) is 5.82 Å². The molecule has 7 heteroatoms. The number of aromatic nitrogens is 1. The second kappa shape index (κ2) is 5.92. The zero-order chi connectivity index (χ0) is 16.6. The van der Waals surface area contributed by atoms with E-state index in [9.17, 15) is 14.3 Å². The number of aromatic hydroxyl groups is 1. The van der Waals surface area contributed by atoms with Crippen molar-refractivity contribution in [2.24, 2.45) is 17.3 Å². The zero-order valence-electron chi connectivity index (χ0n) is 12.0. The molecule has 23 heavy (non-hydrogen) atoms. The predicted octanol–water partition coefficient (Wildman–Crippen LogP) is 4.71. The van der Waals surface area contributed by atoms with Gasteiger partial charge in [-0.2, -0.15) is 0 Å². The molecule has 116 valence electrons. The Morgan fingerprint density at radius 3 is 2.61 bits per heavy atom. The van der Waals surface area contributed by atoms with Crippen molar-refractivity contribution in [2.45, 2.75) is 0 Å². The van der Waals surface area contributed by atoms with Gasteiger partial charge in [0, 0.05) is 22.5 Å². The number of rotatable bonds is 2. The summed E-state index contributed by atoms with van der Waals surface area (Å²) in [6, 6.07) is 10.5. The molecule has 3 aromatic rings. The van der Waals surface area contributed by atoms with Crippen molar-refractivity contribution in [3.05, 3.63) is 58.3 Å². The zero-order valence-corrected chi connectivity index (χ0v) is 13.6. The van der Waals surface area contributed by atoms with E-state index in [0.29, 0.717) is 5.39 Å². The summed E-state index contributed by atoms with van der Waals surface area (Å²) in [5.74, 6) is -1.14. The van der Waals surface area contributed by atoms with Gasteiger partial charge in [0.15, 0.2) is 5.69 Å². The molecule has 5 nitrogen and oxygen atoms in total. The molecule has 0 radical (unpaired) electrons. The minimum absolute atomic E-state index is 0.0891. The van der Waals surface area contributed by atoms with Gasteiger partial charge >= 0.3 is 0 Å². The van der Waals surface area contributed by atoms with Crippen molar-refractivity contribution in [3.63, 3.8) is 0 Å². The molecular weight excluding hydrogens is 365 g/mol. The van der Waals surface area contributed by atoms with Gasteiger partial charge in [-0.1, -0.05) is 15.9 Å². The Kier molecular flexibility index (Phi) is 3.96. The monoisotopic (exact) mass is 375 g/mol. The molecule has 1 aromatic heterocycles. The summed E-state index contributed by atoms with van der Waals surface area (Å²) >= 11 is 3.36. The number of benzene rings is 2. The van der Waals surface area contributed by atoms with Crippen molar-refractivity contribution in [2.75, 3.05) is 0 Å². The van der Waals surface area contributed by atoms with Gasteiger partial charge in [0.2, 0.25) is 5.88 Å². The van der Waals surface area contributed by atoms with Crippen molar-refractivity contribution in [1.82, 2.24) is 4.57 Å². The average molecular weight is 376 g/mol. The molecule has 1 N–H and O–H groups in total. The molecule has 1 amide bonds. The summed E-state index contributed by atoms with van der Waals surface area (Å²) in [6.45, 7) is 0. The third-order valence-corrected chi connectivity index (χ3v) is 3.93. The number of hydrogen-bond acceptors (Lipinski definition) is 3. The van der Waals surface area contributed by atoms with Crippen LogP contribution >= 0.6 is 15.9 Å². The first-order valence-corrected chi connectivity index (χ1v) is 7.45. The van der Waals surface area contributed by atoms with E-state index in [4.69, 9.17) is 0 Å². The van der Waals surface area contributed by atoms with E-state index in [1.54, 1.807) is 17.7 Å². The van der Waals surface area contributed by atoms with Crippen molar-refractivity contribution in [3.8, 4) is 5.88 Å². The fourth-order valence-corrected chi connectivity index (χ4v) is 2.59. The third-order valence-electron chi connectivity index (χ3n) is 3.44. The Morgan fingerprint density at radius 2 is 1.91 bits per heavy atom. The summed E-state index contributed by atoms with van der Waals surface area (Å²) in [6.07, 6.45) is 0. The van der Waals surface area contributed by atoms with E-state index in [1.807, 2.05) is 12.1 Å². The first-order chi connectivity index (χ1) is 11.0. The van der Waals surface area contributed by atoms with E-state index < -0.39 is 11.7 Å². The van der Waals surface area contributed by atoms with Gasteiger partial charge in [0.25, 0.3) is 5.91 Å². The largest absolute Gasteiger partial charge is 0.493 e. The Bertz CT molecular complexity index is 933. The summed E-state index contributed by atoms with van der Waals surface area (Å²) in [4.78, 5) is 12.0. The molecular formula is C16H11BrFN3O2. The van der Waals surface area contributed by atoms with E-state index in [0.717, 1.165) is 9.99 Å². The quantitative estimate of drug-likeness (QED) is 0.659. The van der Waals surface area contributed by atoms with Crippen LogP contribution in [0.1, 0.15) is 10.4 Å². The Hall–Kier alpha value is -2.54. The highest BCUT2D eigenvalue weighted by molar-refractivity contribution is 9.10. The average Bonchev–Trinajstić information content (AvgIpc) is 2.77. The lowest BCUT2D eigenvalue weighted by Gasteiger charge is -1.96. The van der Waals surface area contributed by atoms with Crippen LogP contribution in [0.15, 0.2) is 57.2 Å². The summed E-state index contributed by atoms with van der Waals surface area (Å²) < 4.78 is 15.2. The molecule has 0 aliphatic carbocycles. The smallest absolute Gasteiger partial charge is 0.295 e. The second-order valence-corrected chi connectivity index (χ2v) is 5.82. The summed E-state index contributed by atoms with van der Waals surface area (Å²) in [5.41, 5.74) is 1.18. The first kappa shape index (κ1) is 15.4. The molecule has 0 fully saturated rings. The first-order valence-electron chi connectivity index (χ1n) is 6.66. The number of aryl methyl sites for hydroxylation is 1. The van der Waals surface area contributed by atoms with Crippen LogP contribution in [0.4, 0.5) is 10.1 Å². The topological polar surface area (TPSA) is 66.9 Å². The van der Waals surface area contributed by atoms with Crippen molar-refractivity contribution >= 4 is 38.4 Å². The van der Waals surface area contributed by atoms with E-state index in [1.165, 1.54) is 24.3 Å². The van der Waals surface area contributed by atoms with Gasteiger partial charge in [-0.05, 0) is 42.5 Å². The lowest BCUT2D eigenvalue weighted by atomic mass is 10.2. The maximum absolute atomic E-state index is 12.9. The highest BCUT2D eigenvalue weighted by atomic mass is 79.9. The van der Waals surface area contributed by atoms with Crippen LogP contribution in [0.2, 0.25) is 0 Å². The van der Waals surface area contributed by atoms with Crippen LogP contribution in [-0.2, 0) is 7.05 Å². The van der Waals surface area contributed by atoms with E-state index in [2.05, 4.69) is 26.2 Å². The normalized spacial score (nSPS) is 11.4. The van der Waals surface area contributed by atoms with Crippen LogP contribution in [0.3, 0.4) is 0 Å². The number of halogens is 2. The Morgan fingerprint density at radius 1 is 1.22 bits per heavy atom. The van der Waals surface area contributed by atoms with Crippen LogP contribution in [0.25, 0.3) is 10.9 Å². The molecule has 0 unspecified atom stereocenters. The fraction of sp³-hybridized carbons (Fsp3) is 0.0625. The number of hydrogen-bond donors (Lipinski definition) is 1. The molecule has 3 rings (SSSR count). The SMILES string of the molecule is Cn1c(O)c(N=NC(=O)c2ccc(F)cc2)c2cc(Br)ccc21. The lowest BCUT2D eigenvalue weighted by molar-refractivity contribution is 0.0995. The molecule has 0 aliphatic heterocycles. The third kappa shape index (κ3) is 2.87. The maximum atomic E-state index is 12.9. The van der Waals surface area contributed by atoms with E-state index in [-0.39, 0.29) is 17.1 Å². The molecule has 0 bridgehead atoms. The van der Waals surface area contributed by atoms with Crippen LogP contribution in [-0.4, -0.2) is 15.6 Å². The second-order valence-electron chi connectivity index (χ2n) is 4.90. The van der Waals surface area contributed by atoms with Crippen LogP contribution < -0.4 is 0 Å². The van der Waals surface area contributed by atoms with Gasteiger partial charge < -0.3 is 9.67 Å². The standard InChI is InChI=1S/C16H11BrFN3O2/c1-21-13-7-4-10(17)8-12(13)14(16(21)23)19-20-15(22)9-2-5-11(18)6-3-9/h2-8,23H,1H3. The highest BCUT2D eigenvalue weighted by Crippen LogP contribution is 2.39. The van der Waals surface area contributed by atoms with Crippen molar-refractivity contribution < 1.29 is 14.3 Å². The van der Waals surface area contributed by atoms with Gasteiger partial charge in [-0.3, -0.25) is 4.79 Å². The molecule has 1 heterocycles. The Balaban J connectivity index is 2.01. The number of fused-ring (bicyclic) bond motifs is 1. The predicted molar refractivity (Wildman–Crippen MR) is 87.5 cm³/mol. The number of nitrogens with zero attached hydrogens (tertiary/aromatic N) is 3. The number of carbonyl (C=O) groups excluding carboxylic acids is 1. The molecule has 2 aromatic carbocycles. The van der Waals surface area contributed by atoms with Gasteiger partial charge in [-0.15, -0.1) is 10.2 Å². The molecule has 0 atom stereocenters. The molecule has 0 aliphatic rings. The minimum Gasteiger partial charge on any atom is -0.493 e.